The van der Waals surface area contributed by atoms with E-state index in [9.17, 15) is 4.79 Å². The Morgan fingerprint density at radius 2 is 1.62 bits per heavy atom. The molecule has 2 aromatic carbocycles. The molecule has 0 aliphatic heterocycles. The Kier molecular flexibility index (Phi) is 7.28. The van der Waals surface area contributed by atoms with Crippen LogP contribution < -0.4 is 0 Å². The molecule has 2 rings (SSSR count). The lowest BCUT2D eigenvalue weighted by atomic mass is 10.0. The van der Waals surface area contributed by atoms with Crippen molar-refractivity contribution in [1.29, 1.82) is 0 Å². The molecule has 0 atom stereocenters. The molecule has 0 radical (unpaired) electrons. The zero-order chi connectivity index (χ0) is 19.1. The quantitative estimate of drug-likeness (QED) is 0.366. The number of rotatable bonds is 6. The van der Waals surface area contributed by atoms with Crippen molar-refractivity contribution >= 4 is 36.3 Å². The molecule has 0 aromatic heterocycles. The van der Waals surface area contributed by atoms with E-state index in [1.165, 1.54) is 0 Å². The Hall–Kier alpha value is -2.26. The molecule has 0 heterocycles. The fourth-order valence-corrected chi connectivity index (χ4v) is 2.66. The Bertz CT molecular complexity index is 832. The van der Waals surface area contributed by atoms with Crippen LogP contribution in [-0.4, -0.2) is 12.6 Å². The summed E-state index contributed by atoms with van der Waals surface area (Å²) in [7, 11) is 0. The first-order chi connectivity index (χ1) is 12.4. The zero-order valence-corrected chi connectivity index (χ0v) is 16.7. The molecule has 136 valence electrons. The average Bonchev–Trinajstić information content (AvgIpc) is 2.62. The summed E-state index contributed by atoms with van der Waals surface area (Å²) in [5, 5.41) is 0. The van der Waals surface area contributed by atoms with Crippen LogP contribution in [0.1, 0.15) is 54.7 Å². The van der Waals surface area contributed by atoms with Crippen molar-refractivity contribution in [3.05, 3.63) is 75.7 Å². The fraction of sp³-hybridized carbons (Fsp3) is 0.261. The second-order valence-electron chi connectivity index (χ2n) is 6.52. The van der Waals surface area contributed by atoms with Gasteiger partial charge >= 0.3 is 5.97 Å². The van der Waals surface area contributed by atoms with Crippen LogP contribution in [0.2, 0.25) is 0 Å². The molecule has 0 fully saturated rings. The number of carbonyl (C=O) groups is 1. The minimum Gasteiger partial charge on any atom is -0.462 e. The van der Waals surface area contributed by atoms with Gasteiger partial charge in [0.1, 0.15) is 0 Å². The van der Waals surface area contributed by atoms with Crippen LogP contribution in [0, 0.1) is 5.92 Å². The molecule has 26 heavy (non-hydrogen) atoms. The molecular formula is C23H26O2S. The van der Waals surface area contributed by atoms with E-state index in [1.807, 2.05) is 25.1 Å². The molecule has 2 nitrogen and oxygen atoms in total. The van der Waals surface area contributed by atoms with E-state index in [-0.39, 0.29) is 5.97 Å². The van der Waals surface area contributed by atoms with E-state index in [0.29, 0.717) is 18.1 Å². The Morgan fingerprint density at radius 1 is 1.04 bits per heavy atom. The van der Waals surface area contributed by atoms with Gasteiger partial charge in [-0.05, 0) is 71.2 Å². The minimum absolute atomic E-state index is 0.289. The van der Waals surface area contributed by atoms with E-state index in [1.54, 1.807) is 6.07 Å². The third kappa shape index (κ3) is 5.63. The largest absolute Gasteiger partial charge is 0.462 e. The number of carbonyl (C=O) groups excluding carboxylic acids is 1. The summed E-state index contributed by atoms with van der Waals surface area (Å²) in [6.45, 7) is 8.52. The van der Waals surface area contributed by atoms with Crippen molar-refractivity contribution < 1.29 is 9.53 Å². The van der Waals surface area contributed by atoms with Crippen molar-refractivity contribution in [2.45, 2.75) is 27.7 Å². The molecule has 0 bridgehead atoms. The Balaban J connectivity index is 2.29. The fourth-order valence-electron chi connectivity index (χ4n) is 2.51. The van der Waals surface area contributed by atoms with Gasteiger partial charge in [-0.25, -0.2) is 4.79 Å². The van der Waals surface area contributed by atoms with E-state index in [2.05, 4.69) is 69.8 Å². The lowest BCUT2D eigenvalue weighted by Crippen LogP contribution is -2.04. The van der Waals surface area contributed by atoms with Gasteiger partial charge < -0.3 is 4.74 Å². The molecule has 0 aliphatic carbocycles. The minimum atomic E-state index is -0.289. The van der Waals surface area contributed by atoms with Crippen LogP contribution in [0.25, 0.3) is 17.7 Å². The summed E-state index contributed by atoms with van der Waals surface area (Å²) in [5.41, 5.74) is 4.96. The van der Waals surface area contributed by atoms with Crippen LogP contribution in [0.5, 0.6) is 0 Å². The molecule has 0 N–H and O–H groups in total. The van der Waals surface area contributed by atoms with Gasteiger partial charge in [-0.1, -0.05) is 50.3 Å². The van der Waals surface area contributed by atoms with Crippen LogP contribution >= 0.6 is 12.6 Å². The van der Waals surface area contributed by atoms with Crippen LogP contribution in [-0.2, 0) is 4.74 Å². The predicted molar refractivity (Wildman–Crippen MR) is 114 cm³/mol. The van der Waals surface area contributed by atoms with Gasteiger partial charge in [0.15, 0.2) is 0 Å². The van der Waals surface area contributed by atoms with Gasteiger partial charge in [0, 0.05) is 0 Å². The first-order valence-electron chi connectivity index (χ1n) is 8.87. The highest BCUT2D eigenvalue weighted by atomic mass is 32.1. The van der Waals surface area contributed by atoms with Crippen molar-refractivity contribution in [3.63, 3.8) is 0 Å². The number of hydrogen-bond donors (Lipinski definition) is 1. The van der Waals surface area contributed by atoms with E-state index < -0.39 is 0 Å². The van der Waals surface area contributed by atoms with Crippen molar-refractivity contribution in [1.82, 2.24) is 0 Å². The smallest absolute Gasteiger partial charge is 0.338 e. The summed E-state index contributed by atoms with van der Waals surface area (Å²) >= 11 is 4.55. The highest BCUT2D eigenvalue weighted by Gasteiger charge is 2.06. The maximum atomic E-state index is 11.9. The molecule has 0 aliphatic rings. The van der Waals surface area contributed by atoms with Crippen LogP contribution in [0.15, 0.2) is 53.4 Å². The number of allylic oxidation sites excluding steroid dienone is 2. The first kappa shape index (κ1) is 20.1. The van der Waals surface area contributed by atoms with Gasteiger partial charge in [-0.3, -0.25) is 0 Å². The monoisotopic (exact) mass is 366 g/mol. The van der Waals surface area contributed by atoms with E-state index in [0.717, 1.165) is 27.2 Å². The van der Waals surface area contributed by atoms with Gasteiger partial charge in [0.2, 0.25) is 0 Å². The summed E-state index contributed by atoms with van der Waals surface area (Å²) in [4.78, 5) is 13.0. The van der Waals surface area contributed by atoms with Gasteiger partial charge in [-0.2, -0.15) is 0 Å². The summed E-state index contributed by atoms with van der Waals surface area (Å²) in [6, 6.07) is 15.9. The molecule has 0 amide bonds. The Labute approximate surface area is 162 Å². The molecule has 0 saturated carbocycles. The van der Waals surface area contributed by atoms with Crippen LogP contribution in [0.4, 0.5) is 0 Å². The standard InChI is InChI=1S/C23H26O2S/c1-5-25-23(24)21-11-7-8-18(14-21)12-17(4)20-10-6-9-19(13-20)15-22(26)16(2)3/h6-16,26H,5H2,1-4H3/b17-12+,22-15-. The highest BCUT2D eigenvalue weighted by molar-refractivity contribution is 7.84. The lowest BCUT2D eigenvalue weighted by molar-refractivity contribution is 0.0526. The maximum absolute atomic E-state index is 11.9. The van der Waals surface area contributed by atoms with Crippen LogP contribution in [0.3, 0.4) is 0 Å². The van der Waals surface area contributed by atoms with Gasteiger partial charge in [0.05, 0.1) is 12.2 Å². The third-order valence-electron chi connectivity index (χ3n) is 4.03. The van der Waals surface area contributed by atoms with Gasteiger partial charge in [0.25, 0.3) is 0 Å². The summed E-state index contributed by atoms with van der Waals surface area (Å²) in [6.07, 6.45) is 4.18. The lowest BCUT2D eigenvalue weighted by Gasteiger charge is -2.07. The molecule has 2 aromatic rings. The maximum Gasteiger partial charge on any atom is 0.338 e. The number of esters is 1. The molecule has 0 unspecified atom stereocenters. The van der Waals surface area contributed by atoms with Crippen molar-refractivity contribution in [2.24, 2.45) is 5.92 Å². The number of hydrogen-bond acceptors (Lipinski definition) is 3. The molecular weight excluding hydrogens is 340 g/mol. The molecule has 0 saturated heterocycles. The second kappa shape index (κ2) is 9.44. The van der Waals surface area contributed by atoms with Crippen molar-refractivity contribution in [2.75, 3.05) is 6.61 Å². The number of thiol groups is 1. The van der Waals surface area contributed by atoms with Crippen molar-refractivity contribution in [3.8, 4) is 0 Å². The van der Waals surface area contributed by atoms with Gasteiger partial charge in [-0.15, -0.1) is 12.6 Å². The Morgan fingerprint density at radius 3 is 2.23 bits per heavy atom. The first-order valence-corrected chi connectivity index (χ1v) is 9.32. The SMILES string of the molecule is CCOC(=O)c1cccc(/C=C(\C)c2cccc(/C=C(\S)C(C)C)c2)c1. The molecule has 3 heteroatoms. The third-order valence-corrected chi connectivity index (χ3v) is 4.67. The molecule has 0 spiro atoms. The predicted octanol–water partition coefficient (Wildman–Crippen LogP) is 6.35. The second-order valence-corrected chi connectivity index (χ2v) is 7.04. The summed E-state index contributed by atoms with van der Waals surface area (Å²) < 4.78 is 5.07. The summed E-state index contributed by atoms with van der Waals surface area (Å²) in [5.74, 6) is 0.117. The number of ether oxygens (including phenoxy) is 1. The average molecular weight is 367 g/mol. The normalized spacial score (nSPS) is 12.4. The number of benzene rings is 2. The van der Waals surface area contributed by atoms with E-state index in [4.69, 9.17) is 4.74 Å². The zero-order valence-electron chi connectivity index (χ0n) is 15.8. The highest BCUT2D eigenvalue weighted by Crippen LogP contribution is 2.23. The topological polar surface area (TPSA) is 26.3 Å². The van der Waals surface area contributed by atoms with E-state index >= 15 is 0 Å².